The van der Waals surface area contributed by atoms with E-state index in [9.17, 15) is 15.0 Å². The number of rotatable bonds is 4. The Hall–Kier alpha value is -2.96. The first-order valence-corrected chi connectivity index (χ1v) is 9.77. The molecule has 2 aliphatic rings. The number of aliphatic hydroxyl groups is 2. The maximum absolute atomic E-state index is 13.1. The van der Waals surface area contributed by atoms with Gasteiger partial charge >= 0.3 is 0 Å². The van der Waals surface area contributed by atoms with Gasteiger partial charge in [0.2, 0.25) is 0 Å². The van der Waals surface area contributed by atoms with Crippen LogP contribution in [0.15, 0.2) is 71.6 Å². The minimum absolute atomic E-state index is 0.00450. The summed E-state index contributed by atoms with van der Waals surface area (Å²) in [6, 6.07) is 17.1. The van der Waals surface area contributed by atoms with Gasteiger partial charge in [0.1, 0.15) is 0 Å². The second-order valence-electron chi connectivity index (χ2n) is 7.93. The van der Waals surface area contributed by atoms with Crippen LogP contribution >= 0.6 is 0 Å². The molecule has 6 nitrogen and oxygen atoms in total. The average molecular weight is 390 g/mol. The summed E-state index contributed by atoms with van der Waals surface area (Å²) in [4.78, 5) is 18.7. The van der Waals surface area contributed by atoms with Gasteiger partial charge in [0.25, 0.3) is 5.91 Å². The number of benzene rings is 2. The van der Waals surface area contributed by atoms with Crippen molar-refractivity contribution in [2.24, 2.45) is 11.3 Å². The van der Waals surface area contributed by atoms with Crippen molar-refractivity contribution in [2.45, 2.75) is 12.0 Å². The normalized spacial score (nSPS) is 28.1. The monoisotopic (exact) mass is 390 g/mol. The van der Waals surface area contributed by atoms with E-state index in [2.05, 4.69) is 4.98 Å². The predicted molar refractivity (Wildman–Crippen MR) is 106 cm³/mol. The lowest BCUT2D eigenvalue weighted by atomic mass is 9.95. The van der Waals surface area contributed by atoms with Gasteiger partial charge in [-0.3, -0.25) is 4.79 Å². The Balaban J connectivity index is 1.36. The van der Waals surface area contributed by atoms with Gasteiger partial charge in [-0.05, 0) is 29.5 Å². The molecule has 6 heteroatoms. The summed E-state index contributed by atoms with van der Waals surface area (Å²) in [5.74, 6) is 0.566. The van der Waals surface area contributed by atoms with Crippen molar-refractivity contribution in [3.63, 3.8) is 0 Å². The molecule has 29 heavy (non-hydrogen) atoms. The SMILES string of the molecule is O=C(c1ccc(-c2cnco2)cc1)N1C[C@H](O)[C@@]2(C1)[C@H](CO)[C@H]2c1ccccc1. The second kappa shape index (κ2) is 6.83. The number of aliphatic hydroxyl groups excluding tert-OH is 2. The van der Waals surface area contributed by atoms with Gasteiger partial charge in [0, 0.05) is 36.2 Å². The maximum Gasteiger partial charge on any atom is 0.253 e. The van der Waals surface area contributed by atoms with Gasteiger partial charge in [-0.15, -0.1) is 0 Å². The number of carbonyl (C=O) groups is 1. The Morgan fingerprint density at radius 1 is 1.17 bits per heavy atom. The highest BCUT2D eigenvalue weighted by Crippen LogP contribution is 2.68. The number of carbonyl (C=O) groups excluding carboxylic acids is 1. The fourth-order valence-corrected chi connectivity index (χ4v) is 5.04. The molecule has 0 unspecified atom stereocenters. The van der Waals surface area contributed by atoms with E-state index in [-0.39, 0.29) is 30.9 Å². The van der Waals surface area contributed by atoms with Crippen LogP contribution in [-0.2, 0) is 0 Å². The quantitative estimate of drug-likeness (QED) is 0.715. The van der Waals surface area contributed by atoms with Crippen LogP contribution in [0.4, 0.5) is 0 Å². The molecule has 2 heterocycles. The number of aromatic nitrogens is 1. The van der Waals surface area contributed by atoms with Crippen molar-refractivity contribution in [3.8, 4) is 11.3 Å². The minimum atomic E-state index is -0.651. The first kappa shape index (κ1) is 18.1. The first-order chi connectivity index (χ1) is 14.1. The van der Waals surface area contributed by atoms with Crippen LogP contribution in [0, 0.1) is 11.3 Å². The van der Waals surface area contributed by atoms with Crippen LogP contribution in [-0.4, -0.2) is 51.8 Å². The molecule has 0 radical (unpaired) electrons. The highest BCUT2D eigenvalue weighted by Gasteiger charge is 2.71. The summed E-state index contributed by atoms with van der Waals surface area (Å²) >= 11 is 0. The molecule has 2 fully saturated rings. The third-order valence-corrected chi connectivity index (χ3v) is 6.53. The number of β-amino-alcohol motifs (C(OH)–C–C–N with tert-alkyl or cyclic N) is 1. The van der Waals surface area contributed by atoms with Crippen molar-refractivity contribution in [1.29, 1.82) is 0 Å². The van der Waals surface area contributed by atoms with Gasteiger partial charge in [0.05, 0.1) is 12.3 Å². The molecule has 2 aromatic carbocycles. The van der Waals surface area contributed by atoms with Crippen LogP contribution in [0.25, 0.3) is 11.3 Å². The van der Waals surface area contributed by atoms with Gasteiger partial charge in [-0.25, -0.2) is 4.98 Å². The van der Waals surface area contributed by atoms with E-state index >= 15 is 0 Å². The molecular weight excluding hydrogens is 368 g/mol. The number of hydrogen-bond acceptors (Lipinski definition) is 5. The summed E-state index contributed by atoms with van der Waals surface area (Å²) in [6.07, 6.45) is 2.35. The van der Waals surface area contributed by atoms with Crippen LogP contribution < -0.4 is 0 Å². The number of nitrogens with zero attached hydrogens (tertiary/aromatic N) is 2. The van der Waals surface area contributed by atoms with Crippen molar-refractivity contribution in [2.75, 3.05) is 19.7 Å². The number of likely N-dealkylation sites (tertiary alicyclic amines) is 1. The van der Waals surface area contributed by atoms with Gasteiger partial charge < -0.3 is 19.5 Å². The van der Waals surface area contributed by atoms with E-state index in [1.807, 2.05) is 42.5 Å². The second-order valence-corrected chi connectivity index (χ2v) is 7.93. The number of oxazole rings is 1. The molecule has 1 spiro atoms. The van der Waals surface area contributed by atoms with E-state index in [1.165, 1.54) is 6.39 Å². The molecule has 1 saturated heterocycles. The molecule has 4 atom stereocenters. The third-order valence-electron chi connectivity index (χ3n) is 6.53. The van der Waals surface area contributed by atoms with Crippen molar-refractivity contribution < 1.29 is 19.4 Å². The van der Waals surface area contributed by atoms with Gasteiger partial charge in [-0.1, -0.05) is 42.5 Å². The number of amides is 1. The molecule has 3 aromatic rings. The van der Waals surface area contributed by atoms with Crippen LogP contribution in [0.3, 0.4) is 0 Å². The maximum atomic E-state index is 13.1. The zero-order valence-electron chi connectivity index (χ0n) is 15.8. The minimum Gasteiger partial charge on any atom is -0.444 e. The molecule has 148 valence electrons. The lowest BCUT2D eigenvalue weighted by Gasteiger charge is -2.17. The van der Waals surface area contributed by atoms with Gasteiger partial charge in [-0.2, -0.15) is 0 Å². The molecule has 1 saturated carbocycles. The molecule has 1 aliphatic heterocycles. The lowest BCUT2D eigenvalue weighted by Crippen LogP contribution is -2.29. The van der Waals surface area contributed by atoms with E-state index in [1.54, 1.807) is 23.2 Å². The van der Waals surface area contributed by atoms with Crippen molar-refractivity contribution >= 4 is 5.91 Å². The topological polar surface area (TPSA) is 86.8 Å². The molecule has 2 N–H and O–H groups in total. The first-order valence-electron chi connectivity index (χ1n) is 9.77. The van der Waals surface area contributed by atoms with Crippen LogP contribution in [0.5, 0.6) is 0 Å². The van der Waals surface area contributed by atoms with Crippen molar-refractivity contribution in [1.82, 2.24) is 9.88 Å². The third kappa shape index (κ3) is 2.79. The number of hydrogen-bond donors (Lipinski definition) is 2. The highest BCUT2D eigenvalue weighted by atomic mass is 16.3. The Kier molecular flexibility index (Phi) is 4.26. The predicted octanol–water partition coefficient (Wildman–Crippen LogP) is 2.55. The Morgan fingerprint density at radius 2 is 1.93 bits per heavy atom. The van der Waals surface area contributed by atoms with E-state index in [4.69, 9.17) is 4.42 Å². The Morgan fingerprint density at radius 3 is 2.59 bits per heavy atom. The van der Waals surface area contributed by atoms with Crippen molar-refractivity contribution in [3.05, 3.63) is 78.3 Å². The smallest absolute Gasteiger partial charge is 0.253 e. The molecular formula is C23H22N2O4. The molecule has 0 bridgehead atoms. The summed E-state index contributed by atoms with van der Waals surface area (Å²) in [5, 5.41) is 20.8. The summed E-state index contributed by atoms with van der Waals surface area (Å²) < 4.78 is 5.28. The Labute approximate surface area is 168 Å². The zero-order valence-corrected chi connectivity index (χ0v) is 15.8. The highest BCUT2D eigenvalue weighted by molar-refractivity contribution is 5.95. The zero-order chi connectivity index (χ0) is 20.0. The van der Waals surface area contributed by atoms with Crippen LogP contribution in [0.1, 0.15) is 21.8 Å². The van der Waals surface area contributed by atoms with E-state index < -0.39 is 11.5 Å². The summed E-state index contributed by atoms with van der Waals surface area (Å²) in [5.41, 5.74) is 2.06. The van der Waals surface area contributed by atoms with E-state index in [0.717, 1.165) is 11.1 Å². The molecule has 5 rings (SSSR count). The average Bonchev–Trinajstić information content (AvgIpc) is 3.04. The largest absolute Gasteiger partial charge is 0.444 e. The Bertz CT molecular complexity index is 1000. The van der Waals surface area contributed by atoms with E-state index in [0.29, 0.717) is 17.9 Å². The lowest BCUT2D eigenvalue weighted by molar-refractivity contribution is 0.0764. The van der Waals surface area contributed by atoms with Gasteiger partial charge in [0.15, 0.2) is 12.2 Å². The van der Waals surface area contributed by atoms with Crippen LogP contribution in [0.2, 0.25) is 0 Å². The fourth-order valence-electron chi connectivity index (χ4n) is 5.04. The fraction of sp³-hybridized carbons (Fsp3) is 0.304. The molecule has 1 aromatic heterocycles. The standard InChI is InChI=1S/C23H22N2O4/c26-12-18-21(16-4-2-1-3-5-16)23(18)13-25(11-20(23)27)22(28)17-8-6-15(7-9-17)19-10-24-14-29-19/h1-10,14,18,20-21,26-27H,11-13H2/t18-,20+,21-,23-/m1/s1. The molecule has 1 amide bonds. The summed E-state index contributed by atoms with van der Waals surface area (Å²) in [6.45, 7) is 0.731. The summed E-state index contributed by atoms with van der Waals surface area (Å²) in [7, 11) is 0. The molecule has 1 aliphatic carbocycles.